The summed E-state index contributed by atoms with van der Waals surface area (Å²) < 4.78 is 6.89. The molecule has 1 aliphatic heterocycles. The summed E-state index contributed by atoms with van der Waals surface area (Å²) >= 11 is 5.30. The van der Waals surface area contributed by atoms with Crippen LogP contribution in [0.3, 0.4) is 0 Å². The maximum atomic E-state index is 5.74. The van der Waals surface area contributed by atoms with E-state index in [0.29, 0.717) is 6.10 Å². The van der Waals surface area contributed by atoms with Crippen LogP contribution >= 0.6 is 27.3 Å². The predicted octanol–water partition coefficient (Wildman–Crippen LogP) is 3.36. The lowest BCUT2D eigenvalue weighted by Gasteiger charge is -2.24. The van der Waals surface area contributed by atoms with Gasteiger partial charge in [0.25, 0.3) is 0 Å². The minimum atomic E-state index is 0.231. The SMILES string of the molecule is NNC(CCC1CCCCO1)c1sccc1Br. The molecule has 2 rings (SSSR count). The molecule has 0 aliphatic carbocycles. The van der Waals surface area contributed by atoms with E-state index in [4.69, 9.17) is 10.6 Å². The monoisotopic (exact) mass is 318 g/mol. The van der Waals surface area contributed by atoms with Crippen LogP contribution < -0.4 is 11.3 Å². The van der Waals surface area contributed by atoms with E-state index >= 15 is 0 Å². The Morgan fingerprint density at radius 3 is 3.06 bits per heavy atom. The number of nitrogens with two attached hydrogens (primary N) is 1. The van der Waals surface area contributed by atoms with Gasteiger partial charge in [-0.2, -0.15) is 0 Å². The molecule has 5 heteroatoms. The van der Waals surface area contributed by atoms with Crippen LogP contribution in [-0.2, 0) is 4.74 Å². The van der Waals surface area contributed by atoms with E-state index in [-0.39, 0.29) is 6.04 Å². The van der Waals surface area contributed by atoms with Crippen molar-refractivity contribution in [1.82, 2.24) is 5.43 Å². The van der Waals surface area contributed by atoms with Crippen LogP contribution in [0.15, 0.2) is 15.9 Å². The maximum absolute atomic E-state index is 5.74. The molecule has 3 nitrogen and oxygen atoms in total. The fourth-order valence-corrected chi connectivity index (χ4v) is 3.98. The van der Waals surface area contributed by atoms with Crippen molar-refractivity contribution in [2.75, 3.05) is 6.61 Å². The van der Waals surface area contributed by atoms with Crippen molar-refractivity contribution in [3.05, 3.63) is 20.8 Å². The molecule has 2 unspecified atom stereocenters. The van der Waals surface area contributed by atoms with Crippen LogP contribution in [0.1, 0.15) is 43.0 Å². The second-order valence-corrected chi connectivity index (χ2v) is 6.22. The molecule has 0 spiro atoms. The zero-order chi connectivity index (χ0) is 12.1. The van der Waals surface area contributed by atoms with Gasteiger partial charge in [0, 0.05) is 16.0 Å². The van der Waals surface area contributed by atoms with Gasteiger partial charge in [-0.25, -0.2) is 0 Å². The van der Waals surface area contributed by atoms with Gasteiger partial charge in [0.15, 0.2) is 0 Å². The summed E-state index contributed by atoms with van der Waals surface area (Å²) in [5.41, 5.74) is 2.91. The van der Waals surface area contributed by atoms with E-state index in [9.17, 15) is 0 Å². The molecule has 0 saturated carbocycles. The first-order valence-corrected chi connectivity index (χ1v) is 7.79. The fraction of sp³-hybridized carbons (Fsp3) is 0.667. The molecular weight excluding hydrogens is 300 g/mol. The third-order valence-corrected chi connectivity index (χ3v) is 5.20. The summed E-state index contributed by atoms with van der Waals surface area (Å²) in [7, 11) is 0. The normalized spacial score (nSPS) is 22.6. The summed E-state index contributed by atoms with van der Waals surface area (Å²) in [6.07, 6.45) is 6.25. The summed E-state index contributed by atoms with van der Waals surface area (Å²) in [6.45, 7) is 0.925. The van der Waals surface area contributed by atoms with Gasteiger partial charge in [0.2, 0.25) is 0 Å². The zero-order valence-corrected chi connectivity index (χ0v) is 12.2. The number of ether oxygens (including phenoxy) is 1. The van der Waals surface area contributed by atoms with Gasteiger partial charge in [-0.15, -0.1) is 11.3 Å². The quantitative estimate of drug-likeness (QED) is 0.646. The topological polar surface area (TPSA) is 47.3 Å². The molecule has 0 amide bonds. The average molecular weight is 319 g/mol. The highest BCUT2D eigenvalue weighted by Crippen LogP contribution is 2.32. The Labute approximate surface area is 115 Å². The number of hydrogen-bond acceptors (Lipinski definition) is 4. The van der Waals surface area contributed by atoms with Crippen molar-refractivity contribution in [3.63, 3.8) is 0 Å². The van der Waals surface area contributed by atoms with Crippen LogP contribution in [-0.4, -0.2) is 12.7 Å². The van der Waals surface area contributed by atoms with Crippen molar-refractivity contribution in [3.8, 4) is 0 Å². The van der Waals surface area contributed by atoms with E-state index in [1.165, 1.54) is 24.1 Å². The third-order valence-electron chi connectivity index (χ3n) is 3.21. The van der Waals surface area contributed by atoms with Gasteiger partial charge in [0.05, 0.1) is 12.1 Å². The fourth-order valence-electron chi connectivity index (χ4n) is 2.23. The molecule has 1 aromatic rings. The standard InChI is InChI=1S/C12H19BrN2OS/c13-10-6-8-17-12(10)11(15-14)5-4-9-3-1-2-7-16-9/h6,8-9,11,15H,1-5,7,14H2. The highest BCUT2D eigenvalue weighted by Gasteiger charge is 2.19. The van der Waals surface area contributed by atoms with Crippen LogP contribution in [0, 0.1) is 0 Å². The number of rotatable bonds is 5. The second-order valence-electron chi connectivity index (χ2n) is 4.42. The number of halogens is 1. The van der Waals surface area contributed by atoms with Crippen molar-refractivity contribution < 1.29 is 4.74 Å². The van der Waals surface area contributed by atoms with Crippen LogP contribution in [0.4, 0.5) is 0 Å². The number of thiophene rings is 1. The van der Waals surface area contributed by atoms with E-state index in [1.807, 2.05) is 0 Å². The van der Waals surface area contributed by atoms with Crippen molar-refractivity contribution >= 4 is 27.3 Å². The molecule has 1 saturated heterocycles. The van der Waals surface area contributed by atoms with E-state index in [1.54, 1.807) is 11.3 Å². The Morgan fingerprint density at radius 2 is 2.47 bits per heavy atom. The summed E-state index contributed by atoms with van der Waals surface area (Å²) in [5.74, 6) is 5.64. The highest BCUT2D eigenvalue weighted by atomic mass is 79.9. The lowest BCUT2D eigenvalue weighted by molar-refractivity contribution is 0.00859. The van der Waals surface area contributed by atoms with Gasteiger partial charge < -0.3 is 4.74 Å². The summed E-state index contributed by atoms with van der Waals surface area (Å²) in [4.78, 5) is 1.28. The second kappa shape index (κ2) is 6.85. The summed E-state index contributed by atoms with van der Waals surface area (Å²) in [6, 6.07) is 2.30. The molecule has 96 valence electrons. The van der Waals surface area contributed by atoms with Gasteiger partial charge in [-0.3, -0.25) is 11.3 Å². The molecular formula is C12H19BrN2OS. The Bertz CT molecular complexity index is 339. The number of hydrazine groups is 1. The number of hydrogen-bond donors (Lipinski definition) is 2. The third kappa shape index (κ3) is 3.76. The Hall–Kier alpha value is 0.0600. The minimum Gasteiger partial charge on any atom is -0.378 e. The van der Waals surface area contributed by atoms with Gasteiger partial charge >= 0.3 is 0 Å². The van der Waals surface area contributed by atoms with Crippen LogP contribution in [0.25, 0.3) is 0 Å². The summed E-state index contributed by atoms with van der Waals surface area (Å²) in [5, 5.41) is 2.08. The lowest BCUT2D eigenvalue weighted by Crippen LogP contribution is -2.29. The van der Waals surface area contributed by atoms with Gasteiger partial charge in [-0.05, 0) is 59.5 Å². The minimum absolute atomic E-state index is 0.231. The molecule has 1 aliphatic rings. The van der Waals surface area contributed by atoms with Crippen molar-refractivity contribution in [2.24, 2.45) is 5.84 Å². The first kappa shape index (κ1) is 13.5. The Morgan fingerprint density at radius 1 is 1.59 bits per heavy atom. The van der Waals surface area contributed by atoms with Gasteiger partial charge in [-0.1, -0.05) is 0 Å². The maximum Gasteiger partial charge on any atom is 0.0575 e. The first-order chi connectivity index (χ1) is 8.31. The molecule has 0 radical (unpaired) electrons. The van der Waals surface area contributed by atoms with Crippen LogP contribution in [0.5, 0.6) is 0 Å². The smallest absolute Gasteiger partial charge is 0.0575 e. The van der Waals surface area contributed by atoms with E-state index < -0.39 is 0 Å². The zero-order valence-electron chi connectivity index (χ0n) is 9.82. The largest absolute Gasteiger partial charge is 0.378 e. The Balaban J connectivity index is 1.85. The highest BCUT2D eigenvalue weighted by molar-refractivity contribution is 9.10. The van der Waals surface area contributed by atoms with Gasteiger partial charge in [0.1, 0.15) is 0 Å². The lowest BCUT2D eigenvalue weighted by atomic mass is 10.0. The molecule has 2 heterocycles. The predicted molar refractivity (Wildman–Crippen MR) is 74.9 cm³/mol. The molecule has 0 aromatic carbocycles. The Kier molecular flexibility index (Phi) is 5.44. The first-order valence-electron chi connectivity index (χ1n) is 6.12. The molecule has 1 aromatic heterocycles. The van der Waals surface area contributed by atoms with Crippen molar-refractivity contribution in [2.45, 2.75) is 44.2 Å². The van der Waals surface area contributed by atoms with Crippen LogP contribution in [0.2, 0.25) is 0 Å². The van der Waals surface area contributed by atoms with Crippen molar-refractivity contribution in [1.29, 1.82) is 0 Å². The molecule has 2 atom stereocenters. The average Bonchev–Trinajstić information content (AvgIpc) is 2.78. The molecule has 3 N–H and O–H groups in total. The van der Waals surface area contributed by atoms with E-state index in [0.717, 1.165) is 23.9 Å². The van der Waals surface area contributed by atoms with E-state index in [2.05, 4.69) is 32.8 Å². The molecule has 1 fully saturated rings. The molecule has 0 bridgehead atoms. The number of nitrogens with one attached hydrogen (secondary N) is 1. The molecule has 17 heavy (non-hydrogen) atoms.